The molecule has 0 saturated heterocycles. The number of H-pyrrole nitrogens is 2. The lowest BCUT2D eigenvalue weighted by molar-refractivity contribution is -0.122. The van der Waals surface area contributed by atoms with Crippen molar-refractivity contribution in [2.45, 2.75) is 0 Å². The second-order valence-corrected chi connectivity index (χ2v) is 11.5. The summed E-state index contributed by atoms with van der Waals surface area (Å²) in [5, 5.41) is 6.89. The van der Waals surface area contributed by atoms with Gasteiger partial charge in [-0.25, -0.2) is 9.97 Å². The third kappa shape index (κ3) is 9.90. The summed E-state index contributed by atoms with van der Waals surface area (Å²) in [6.45, 7) is -0.250. The van der Waals surface area contributed by atoms with Crippen LogP contribution in [0.5, 0.6) is 0 Å². The number of hydrogen-bond acceptors (Lipinski definition) is 4. The number of aromatic nitrogens is 4. The summed E-state index contributed by atoms with van der Waals surface area (Å²) in [7, 11) is 0. The van der Waals surface area contributed by atoms with Gasteiger partial charge in [0.1, 0.15) is 0 Å². The maximum atomic E-state index is 8.36. The summed E-state index contributed by atoms with van der Waals surface area (Å²) in [5.74, 6) is 0. The van der Waals surface area contributed by atoms with Crippen LogP contribution >= 0.6 is 0 Å². The summed E-state index contributed by atoms with van der Waals surface area (Å²) in [6.07, 6.45) is 8.05. The van der Waals surface area contributed by atoms with Gasteiger partial charge in [-0.05, 0) is 109 Å². The van der Waals surface area contributed by atoms with Gasteiger partial charge >= 0.3 is 0 Å². The van der Waals surface area contributed by atoms with E-state index in [1.807, 2.05) is 97.1 Å². The van der Waals surface area contributed by atoms with Gasteiger partial charge in [0.2, 0.25) is 0 Å². The van der Waals surface area contributed by atoms with Gasteiger partial charge in [0.25, 0.3) is 6.47 Å². The van der Waals surface area contributed by atoms with E-state index in [2.05, 4.69) is 128 Å². The number of carbonyl (C=O) groups is 1. The average Bonchev–Trinajstić information content (AvgIpc) is 4.02. The molecule has 7 nitrogen and oxygen atoms in total. The molecule has 3 N–H and O–H groups in total. The van der Waals surface area contributed by atoms with E-state index >= 15 is 0 Å². The summed E-state index contributed by atoms with van der Waals surface area (Å²) < 4.78 is 0. The lowest BCUT2D eigenvalue weighted by Crippen LogP contribution is -2.09. The average molecular weight is 680 g/mol. The molecule has 5 heterocycles. The molecule has 4 aromatic carbocycles. The highest BCUT2D eigenvalue weighted by atomic mass is 16.3. The van der Waals surface area contributed by atoms with Crippen LogP contribution in [0, 0.1) is 0 Å². The predicted octanol–water partition coefficient (Wildman–Crippen LogP) is 11.2. The monoisotopic (exact) mass is 679 g/mol. The summed E-state index contributed by atoms with van der Waals surface area (Å²) in [4.78, 5) is 26.6. The van der Waals surface area contributed by atoms with E-state index < -0.39 is 0 Å². The van der Waals surface area contributed by atoms with Crippen LogP contribution in [0.3, 0.4) is 0 Å². The Balaban J connectivity index is 0.000000147. The highest BCUT2D eigenvalue weighted by Gasteiger charge is 2.10. The zero-order valence-corrected chi connectivity index (χ0v) is 28.3. The molecule has 0 saturated carbocycles. The van der Waals surface area contributed by atoms with Crippen molar-refractivity contribution in [2.75, 3.05) is 4.90 Å². The van der Waals surface area contributed by atoms with E-state index in [-0.39, 0.29) is 6.47 Å². The fourth-order valence-electron chi connectivity index (χ4n) is 5.51. The standard InChI is InChI=1S/C20H14N4.C18H15N.C6H6.CH2O2/c1-2-14-10-16-5-6-18(23-16)12-20-8-7-19(24-20)11-17-4-3-15(22-17)9-13(1)21-14;1-4-10-16(11-5-1)19(17-12-6-2-7-13-17)18-14-8-3-9-15-18;1-2-4-6-5-3-1;2-1-3/h1-12,21-22H;1-15H;1-6H;1H,(H,2,3). The second kappa shape index (κ2) is 17.9. The maximum Gasteiger partial charge on any atom is 0.290 e. The molecule has 9 rings (SSSR count). The molecule has 0 unspecified atom stereocenters. The SMILES string of the molecule is C1=Cc2cc3ccc(cc4ccc(cc5nc(cc1n2)C=C5)[nH]4)[nH]3.O=CO.c1ccc(N(c2ccccc2)c2ccccc2)cc1.c1ccccc1. The topological polar surface area (TPSA) is 97.9 Å². The molecule has 0 aliphatic carbocycles. The summed E-state index contributed by atoms with van der Waals surface area (Å²) in [5.41, 5.74) is 11.4. The van der Waals surface area contributed by atoms with Gasteiger partial charge in [0, 0.05) is 39.1 Å². The molecule has 0 radical (unpaired) electrons. The fourth-order valence-corrected chi connectivity index (χ4v) is 5.51. The Morgan fingerprint density at radius 2 is 0.673 bits per heavy atom. The molecule has 0 atom stereocenters. The molecule has 0 amide bonds. The maximum absolute atomic E-state index is 8.36. The predicted molar refractivity (Wildman–Crippen MR) is 215 cm³/mol. The molecular weight excluding hydrogens is 643 g/mol. The molecule has 2 aliphatic rings. The van der Waals surface area contributed by atoms with Crippen molar-refractivity contribution in [3.05, 3.63) is 199 Å². The minimum atomic E-state index is -0.250. The summed E-state index contributed by atoms with van der Waals surface area (Å²) >= 11 is 0. The van der Waals surface area contributed by atoms with Gasteiger partial charge in [0.05, 0.1) is 22.8 Å². The smallest absolute Gasteiger partial charge is 0.290 e. The molecular formula is C45H37N5O2. The van der Waals surface area contributed by atoms with E-state index in [1.165, 1.54) is 17.1 Å². The molecule has 7 aromatic rings. The number of aromatic amines is 2. The number of nitrogens with zero attached hydrogens (tertiary/aromatic N) is 3. The van der Waals surface area contributed by atoms with Gasteiger partial charge in [-0.1, -0.05) is 91.0 Å². The first-order valence-electron chi connectivity index (χ1n) is 16.7. The normalized spacial score (nSPS) is 10.7. The van der Waals surface area contributed by atoms with Crippen LogP contribution in [0.4, 0.5) is 17.1 Å². The first-order valence-corrected chi connectivity index (χ1v) is 16.7. The van der Waals surface area contributed by atoms with E-state index in [4.69, 9.17) is 9.90 Å². The summed E-state index contributed by atoms with van der Waals surface area (Å²) in [6, 6.07) is 59.7. The van der Waals surface area contributed by atoms with Crippen molar-refractivity contribution in [3.8, 4) is 0 Å². The van der Waals surface area contributed by atoms with Crippen molar-refractivity contribution >= 4 is 69.9 Å². The number of hydrogen-bond donors (Lipinski definition) is 3. The first kappa shape index (κ1) is 34.6. The van der Waals surface area contributed by atoms with Gasteiger partial charge < -0.3 is 20.0 Å². The number of carboxylic acid groups (broad SMARTS) is 1. The van der Waals surface area contributed by atoms with Crippen LogP contribution in [0.25, 0.3) is 46.4 Å². The lowest BCUT2D eigenvalue weighted by atomic mass is 10.2. The number of nitrogens with one attached hydrogen (secondary N) is 2. The van der Waals surface area contributed by atoms with Crippen LogP contribution < -0.4 is 4.90 Å². The van der Waals surface area contributed by atoms with Crippen LogP contribution in [0.1, 0.15) is 22.8 Å². The van der Waals surface area contributed by atoms with E-state index in [9.17, 15) is 0 Å². The highest BCUT2D eigenvalue weighted by molar-refractivity contribution is 5.78. The molecule has 0 spiro atoms. The number of benzene rings is 4. The highest BCUT2D eigenvalue weighted by Crippen LogP contribution is 2.33. The van der Waals surface area contributed by atoms with E-state index in [0.29, 0.717) is 0 Å². The number of fused-ring (bicyclic) bond motifs is 8. The Kier molecular flexibility index (Phi) is 11.9. The number of para-hydroxylation sites is 3. The Bertz CT molecular complexity index is 2180. The molecule has 52 heavy (non-hydrogen) atoms. The van der Waals surface area contributed by atoms with Gasteiger partial charge in [-0.3, -0.25) is 4.79 Å². The van der Waals surface area contributed by atoms with E-state index in [1.54, 1.807) is 0 Å². The van der Waals surface area contributed by atoms with Gasteiger partial charge in [0.15, 0.2) is 0 Å². The second-order valence-electron chi connectivity index (χ2n) is 11.5. The van der Waals surface area contributed by atoms with Crippen LogP contribution in [0.2, 0.25) is 0 Å². The fraction of sp³-hybridized carbons (Fsp3) is 0. The van der Waals surface area contributed by atoms with Crippen LogP contribution in [0.15, 0.2) is 176 Å². The largest absolute Gasteiger partial charge is 0.483 e. The van der Waals surface area contributed by atoms with Gasteiger partial charge in [-0.2, -0.15) is 0 Å². The molecule has 254 valence electrons. The first-order chi connectivity index (χ1) is 25.7. The minimum Gasteiger partial charge on any atom is -0.483 e. The van der Waals surface area contributed by atoms with E-state index in [0.717, 1.165) is 44.8 Å². The van der Waals surface area contributed by atoms with Gasteiger partial charge in [-0.15, -0.1) is 0 Å². The number of anilines is 3. The van der Waals surface area contributed by atoms with Crippen LogP contribution in [-0.4, -0.2) is 31.5 Å². The van der Waals surface area contributed by atoms with Crippen molar-refractivity contribution in [2.24, 2.45) is 0 Å². The third-order valence-corrected chi connectivity index (χ3v) is 7.75. The zero-order valence-electron chi connectivity index (χ0n) is 28.3. The molecule has 7 heteroatoms. The Hall–Kier alpha value is -7.25. The molecule has 8 bridgehead atoms. The Labute approximate surface area is 302 Å². The Morgan fingerprint density at radius 3 is 1.00 bits per heavy atom. The Morgan fingerprint density at radius 1 is 0.404 bits per heavy atom. The zero-order chi connectivity index (χ0) is 35.8. The minimum absolute atomic E-state index is 0.250. The molecule has 2 aliphatic heterocycles. The third-order valence-electron chi connectivity index (χ3n) is 7.75. The van der Waals surface area contributed by atoms with Crippen molar-refractivity contribution in [1.82, 2.24) is 19.9 Å². The quantitative estimate of drug-likeness (QED) is 0.161. The molecule has 3 aromatic heterocycles. The lowest BCUT2D eigenvalue weighted by Gasteiger charge is -2.25. The molecule has 0 fully saturated rings. The van der Waals surface area contributed by atoms with Crippen LogP contribution in [-0.2, 0) is 4.79 Å². The van der Waals surface area contributed by atoms with Crippen molar-refractivity contribution in [1.29, 1.82) is 0 Å². The number of rotatable bonds is 3. The van der Waals surface area contributed by atoms with Crippen molar-refractivity contribution in [3.63, 3.8) is 0 Å². The van der Waals surface area contributed by atoms with Crippen molar-refractivity contribution < 1.29 is 9.90 Å².